The maximum atomic E-state index is 11.2. The van der Waals surface area contributed by atoms with E-state index >= 15 is 0 Å². The van der Waals surface area contributed by atoms with Crippen LogP contribution in [-0.4, -0.2) is 21.8 Å². The van der Waals surface area contributed by atoms with Gasteiger partial charge in [0.1, 0.15) is 0 Å². The molecule has 0 aliphatic carbocycles. The molecule has 1 N–H and O–H groups in total. The molecule has 0 saturated carbocycles. The molecule has 88 valence electrons. The zero-order chi connectivity index (χ0) is 11.5. The van der Waals surface area contributed by atoms with Crippen molar-refractivity contribution in [1.29, 1.82) is 0 Å². The zero-order valence-electron chi connectivity index (χ0n) is 8.71. The summed E-state index contributed by atoms with van der Waals surface area (Å²) in [6.45, 7) is 0. The highest BCUT2D eigenvalue weighted by Crippen LogP contribution is 2.28. The van der Waals surface area contributed by atoms with E-state index in [4.69, 9.17) is 0 Å². The van der Waals surface area contributed by atoms with E-state index in [1.807, 2.05) is 12.1 Å². The predicted molar refractivity (Wildman–Crippen MR) is 76.4 cm³/mol. The van der Waals surface area contributed by atoms with Crippen LogP contribution in [0.3, 0.4) is 0 Å². The highest BCUT2D eigenvalue weighted by Gasteiger charge is 2.18. The van der Waals surface area contributed by atoms with Crippen LogP contribution in [0.4, 0.5) is 5.69 Å². The third-order valence-corrected chi connectivity index (χ3v) is 5.21. The molecule has 2 rings (SSSR count). The summed E-state index contributed by atoms with van der Waals surface area (Å²) in [4.78, 5) is 0. The molecule has 0 spiro atoms. The smallest absolute Gasteiger partial charge is 0.0487 e. The fourth-order valence-electron chi connectivity index (χ4n) is 1.76. The maximum absolute atomic E-state index is 11.2. The van der Waals surface area contributed by atoms with Gasteiger partial charge in [-0.3, -0.25) is 4.21 Å². The second-order valence-corrected chi connectivity index (χ2v) is 7.36. The SMILES string of the molecule is O=S1CCC(Nc2ccc(Br)cc2Br)CC1. The highest BCUT2D eigenvalue weighted by molar-refractivity contribution is 9.11. The average molecular weight is 367 g/mol. The lowest BCUT2D eigenvalue weighted by Crippen LogP contribution is -2.29. The molecule has 0 aromatic heterocycles. The molecule has 1 aromatic carbocycles. The minimum atomic E-state index is -0.587. The Bertz CT molecular complexity index is 401. The molecule has 1 fully saturated rings. The Morgan fingerprint density at radius 2 is 1.94 bits per heavy atom. The average Bonchev–Trinajstić information content (AvgIpc) is 2.25. The minimum Gasteiger partial charge on any atom is -0.381 e. The molecule has 1 heterocycles. The third-order valence-electron chi connectivity index (χ3n) is 2.68. The molecular formula is C11H13Br2NOS. The quantitative estimate of drug-likeness (QED) is 0.867. The van der Waals surface area contributed by atoms with Crippen LogP contribution >= 0.6 is 31.9 Å². The van der Waals surface area contributed by atoms with Gasteiger partial charge in [0.15, 0.2) is 0 Å². The van der Waals surface area contributed by atoms with Gasteiger partial charge in [-0.2, -0.15) is 0 Å². The van der Waals surface area contributed by atoms with Gasteiger partial charge in [0, 0.05) is 43.0 Å². The van der Waals surface area contributed by atoms with Gasteiger partial charge in [-0.1, -0.05) is 15.9 Å². The van der Waals surface area contributed by atoms with Crippen molar-refractivity contribution < 1.29 is 4.21 Å². The van der Waals surface area contributed by atoms with E-state index in [1.165, 1.54) is 0 Å². The molecule has 0 bridgehead atoms. The first-order valence-corrected chi connectivity index (χ1v) is 8.29. The largest absolute Gasteiger partial charge is 0.381 e. The number of nitrogens with one attached hydrogen (secondary N) is 1. The fraction of sp³-hybridized carbons (Fsp3) is 0.455. The van der Waals surface area contributed by atoms with E-state index in [-0.39, 0.29) is 0 Å². The fourth-order valence-corrected chi connectivity index (χ4v) is 4.23. The number of benzene rings is 1. The van der Waals surface area contributed by atoms with Crippen molar-refractivity contribution >= 4 is 48.3 Å². The van der Waals surface area contributed by atoms with E-state index in [1.54, 1.807) is 0 Å². The zero-order valence-corrected chi connectivity index (χ0v) is 12.7. The summed E-state index contributed by atoms with van der Waals surface area (Å²) in [6.07, 6.45) is 1.99. The van der Waals surface area contributed by atoms with Crippen LogP contribution in [0.1, 0.15) is 12.8 Å². The monoisotopic (exact) mass is 365 g/mol. The predicted octanol–water partition coefficient (Wildman–Crippen LogP) is 3.53. The Labute approximate surface area is 115 Å². The molecule has 2 nitrogen and oxygen atoms in total. The van der Waals surface area contributed by atoms with Gasteiger partial charge in [-0.15, -0.1) is 0 Å². The summed E-state index contributed by atoms with van der Waals surface area (Å²) in [5.41, 5.74) is 1.11. The van der Waals surface area contributed by atoms with Crippen molar-refractivity contribution in [1.82, 2.24) is 0 Å². The first-order chi connectivity index (χ1) is 7.65. The van der Waals surface area contributed by atoms with E-state index in [0.29, 0.717) is 6.04 Å². The van der Waals surface area contributed by atoms with Crippen molar-refractivity contribution in [2.45, 2.75) is 18.9 Å². The van der Waals surface area contributed by atoms with E-state index in [0.717, 1.165) is 39.0 Å². The molecule has 0 radical (unpaired) electrons. The summed E-state index contributed by atoms with van der Waals surface area (Å²) in [5.74, 6) is 1.65. The lowest BCUT2D eigenvalue weighted by Gasteiger charge is -2.24. The molecule has 1 saturated heterocycles. The molecule has 1 aromatic rings. The third kappa shape index (κ3) is 3.31. The summed E-state index contributed by atoms with van der Waals surface area (Å²) in [5, 5.41) is 3.49. The van der Waals surface area contributed by atoms with Gasteiger partial charge < -0.3 is 5.32 Å². The Kier molecular flexibility index (Phi) is 4.44. The van der Waals surface area contributed by atoms with E-state index < -0.39 is 10.8 Å². The summed E-state index contributed by atoms with van der Waals surface area (Å²) < 4.78 is 13.4. The van der Waals surface area contributed by atoms with Gasteiger partial charge in [-0.25, -0.2) is 0 Å². The number of rotatable bonds is 2. The van der Waals surface area contributed by atoms with Crippen LogP contribution < -0.4 is 5.32 Å². The number of hydrogen-bond donors (Lipinski definition) is 1. The van der Waals surface area contributed by atoms with Crippen molar-refractivity contribution in [3.05, 3.63) is 27.1 Å². The molecule has 5 heteroatoms. The topological polar surface area (TPSA) is 29.1 Å². The van der Waals surface area contributed by atoms with Gasteiger partial charge in [0.25, 0.3) is 0 Å². The summed E-state index contributed by atoms with van der Waals surface area (Å²) in [7, 11) is -0.587. The highest BCUT2D eigenvalue weighted by atomic mass is 79.9. The van der Waals surface area contributed by atoms with E-state index in [2.05, 4.69) is 43.2 Å². The Morgan fingerprint density at radius 3 is 2.56 bits per heavy atom. The second-order valence-electron chi connectivity index (χ2n) is 3.89. The van der Waals surface area contributed by atoms with Crippen LogP contribution in [0.2, 0.25) is 0 Å². The molecule has 0 amide bonds. The van der Waals surface area contributed by atoms with Gasteiger partial charge in [0.2, 0.25) is 0 Å². The first kappa shape index (κ1) is 12.6. The van der Waals surface area contributed by atoms with Crippen molar-refractivity contribution in [3.8, 4) is 0 Å². The van der Waals surface area contributed by atoms with Crippen LogP contribution in [0, 0.1) is 0 Å². The van der Waals surface area contributed by atoms with Crippen molar-refractivity contribution in [2.75, 3.05) is 16.8 Å². The van der Waals surface area contributed by atoms with E-state index in [9.17, 15) is 4.21 Å². The van der Waals surface area contributed by atoms with Gasteiger partial charge in [0.05, 0.1) is 0 Å². The Morgan fingerprint density at radius 1 is 1.25 bits per heavy atom. The Hall–Kier alpha value is 0.130. The van der Waals surface area contributed by atoms with Crippen LogP contribution in [0.15, 0.2) is 27.1 Å². The van der Waals surface area contributed by atoms with Crippen molar-refractivity contribution in [3.63, 3.8) is 0 Å². The maximum Gasteiger partial charge on any atom is 0.0487 e. The normalized spacial score (nSPS) is 25.4. The number of hydrogen-bond acceptors (Lipinski definition) is 2. The first-order valence-electron chi connectivity index (χ1n) is 5.22. The minimum absolute atomic E-state index is 0.454. The van der Waals surface area contributed by atoms with Crippen LogP contribution in [0.25, 0.3) is 0 Å². The van der Waals surface area contributed by atoms with Crippen LogP contribution in [-0.2, 0) is 10.8 Å². The standard InChI is InChI=1S/C11H13Br2NOS/c12-8-1-2-11(10(13)7-8)14-9-3-5-16(15)6-4-9/h1-2,7,9,14H,3-6H2. The van der Waals surface area contributed by atoms with Gasteiger partial charge >= 0.3 is 0 Å². The lowest BCUT2D eigenvalue weighted by molar-refractivity contribution is 0.624. The molecule has 0 atom stereocenters. The molecule has 0 unspecified atom stereocenters. The van der Waals surface area contributed by atoms with Crippen LogP contribution in [0.5, 0.6) is 0 Å². The molecule has 16 heavy (non-hydrogen) atoms. The number of anilines is 1. The summed E-state index contributed by atoms with van der Waals surface area (Å²) in [6, 6.07) is 6.56. The summed E-state index contributed by atoms with van der Waals surface area (Å²) >= 11 is 6.96. The molecule has 1 aliphatic heterocycles. The van der Waals surface area contributed by atoms with Gasteiger partial charge in [-0.05, 0) is 47.0 Å². The lowest BCUT2D eigenvalue weighted by atomic mass is 10.1. The molecule has 1 aliphatic rings. The Balaban J connectivity index is 2.01. The second kappa shape index (κ2) is 5.65. The molecular weight excluding hydrogens is 354 g/mol. The number of halogens is 2. The van der Waals surface area contributed by atoms with Crippen molar-refractivity contribution in [2.24, 2.45) is 0 Å².